The van der Waals surface area contributed by atoms with Crippen molar-refractivity contribution in [3.8, 4) is 5.75 Å². The summed E-state index contributed by atoms with van der Waals surface area (Å²) >= 11 is 0. The maximum Gasteiger partial charge on any atom is 0.143 e. The van der Waals surface area contributed by atoms with Crippen LogP contribution in [-0.4, -0.2) is 50.1 Å². The van der Waals surface area contributed by atoms with Gasteiger partial charge in [-0.15, -0.1) is 0 Å². The van der Waals surface area contributed by atoms with E-state index < -0.39 is 0 Å². The molecule has 2 heterocycles. The standard InChI is InChI=1S/C22H24N2O3/c1-2-6-17(7-3-1)22-16-19(22)21(18-8-4-5-9-20(18)27-22)23-26-15-12-24-10-13-25-14-11-24/h1-9,19H,10-16H2. The Morgan fingerprint density at radius 2 is 1.81 bits per heavy atom. The van der Waals surface area contributed by atoms with Crippen molar-refractivity contribution in [2.75, 3.05) is 39.5 Å². The lowest BCUT2D eigenvalue weighted by Gasteiger charge is -2.28. The van der Waals surface area contributed by atoms with Gasteiger partial charge in [-0.25, -0.2) is 0 Å². The fourth-order valence-electron chi connectivity index (χ4n) is 4.15. The van der Waals surface area contributed by atoms with E-state index in [4.69, 9.17) is 14.3 Å². The van der Waals surface area contributed by atoms with E-state index >= 15 is 0 Å². The van der Waals surface area contributed by atoms with Crippen LogP contribution in [0.15, 0.2) is 59.8 Å². The molecule has 0 N–H and O–H groups in total. The van der Waals surface area contributed by atoms with Gasteiger partial charge in [-0.3, -0.25) is 4.90 Å². The zero-order valence-electron chi connectivity index (χ0n) is 15.3. The Hall–Kier alpha value is -2.37. The van der Waals surface area contributed by atoms with Crippen molar-refractivity contribution in [2.24, 2.45) is 11.1 Å². The molecule has 0 bridgehead atoms. The van der Waals surface area contributed by atoms with Crippen molar-refractivity contribution in [2.45, 2.75) is 12.0 Å². The van der Waals surface area contributed by atoms with E-state index in [-0.39, 0.29) is 11.5 Å². The second kappa shape index (κ2) is 6.98. The number of nitrogens with zero attached hydrogens (tertiary/aromatic N) is 2. The molecule has 140 valence electrons. The summed E-state index contributed by atoms with van der Waals surface area (Å²) in [5, 5.41) is 4.58. The number of oxime groups is 1. The number of hydrogen-bond acceptors (Lipinski definition) is 5. The van der Waals surface area contributed by atoms with Crippen molar-refractivity contribution in [3.63, 3.8) is 0 Å². The van der Waals surface area contributed by atoms with Crippen LogP contribution < -0.4 is 4.74 Å². The lowest BCUT2D eigenvalue weighted by Crippen LogP contribution is -2.38. The number of ether oxygens (including phenoxy) is 2. The third-order valence-corrected chi connectivity index (χ3v) is 5.72. The van der Waals surface area contributed by atoms with E-state index in [9.17, 15) is 0 Å². The minimum Gasteiger partial charge on any atom is -0.481 e. The minimum absolute atomic E-state index is 0.248. The molecule has 0 radical (unpaired) electrons. The van der Waals surface area contributed by atoms with E-state index in [1.54, 1.807) is 0 Å². The minimum atomic E-state index is -0.290. The van der Waals surface area contributed by atoms with E-state index in [1.807, 2.05) is 24.3 Å². The Morgan fingerprint density at radius 1 is 1.04 bits per heavy atom. The highest BCUT2D eigenvalue weighted by Gasteiger charge is 2.64. The fourth-order valence-corrected chi connectivity index (χ4v) is 4.15. The second-order valence-electron chi connectivity index (χ2n) is 7.37. The molecule has 0 aromatic heterocycles. The molecule has 5 rings (SSSR count). The topological polar surface area (TPSA) is 43.3 Å². The van der Waals surface area contributed by atoms with Gasteiger partial charge in [0.25, 0.3) is 0 Å². The molecule has 0 amide bonds. The number of hydrogen-bond donors (Lipinski definition) is 0. The predicted octanol–water partition coefficient (Wildman–Crippen LogP) is 3.05. The number of morpholine rings is 1. The first-order valence-electron chi connectivity index (χ1n) is 9.71. The molecule has 2 aromatic carbocycles. The Kier molecular flexibility index (Phi) is 4.34. The normalized spacial score (nSPS) is 28.1. The molecule has 1 saturated carbocycles. The fraction of sp³-hybridized carbons (Fsp3) is 0.409. The quantitative estimate of drug-likeness (QED) is 0.604. The molecule has 2 aromatic rings. The van der Waals surface area contributed by atoms with Crippen LogP contribution in [0.25, 0.3) is 0 Å². The first kappa shape index (κ1) is 16.8. The van der Waals surface area contributed by atoms with Gasteiger partial charge in [0.05, 0.1) is 24.8 Å². The molecule has 3 aliphatic rings. The van der Waals surface area contributed by atoms with E-state index in [0.29, 0.717) is 6.61 Å². The molecule has 1 saturated heterocycles. The van der Waals surface area contributed by atoms with E-state index in [1.165, 1.54) is 5.56 Å². The molecule has 2 unspecified atom stereocenters. The molecular weight excluding hydrogens is 340 g/mol. The molecule has 5 nitrogen and oxygen atoms in total. The average molecular weight is 364 g/mol. The number of para-hydroxylation sites is 1. The summed E-state index contributed by atoms with van der Waals surface area (Å²) in [6, 6.07) is 18.6. The van der Waals surface area contributed by atoms with Gasteiger partial charge in [0.2, 0.25) is 0 Å². The van der Waals surface area contributed by atoms with Crippen LogP contribution in [0.2, 0.25) is 0 Å². The van der Waals surface area contributed by atoms with Crippen LogP contribution in [0.1, 0.15) is 17.5 Å². The summed E-state index contributed by atoms with van der Waals surface area (Å²) in [5.41, 5.74) is 2.99. The van der Waals surface area contributed by atoms with Gasteiger partial charge in [0.15, 0.2) is 0 Å². The van der Waals surface area contributed by atoms with Gasteiger partial charge in [-0.1, -0.05) is 47.6 Å². The Bertz CT molecular complexity index is 832. The molecule has 27 heavy (non-hydrogen) atoms. The van der Waals surface area contributed by atoms with Gasteiger partial charge < -0.3 is 14.3 Å². The number of fused-ring (bicyclic) bond motifs is 2. The summed E-state index contributed by atoms with van der Waals surface area (Å²) in [5.74, 6) is 1.14. The van der Waals surface area contributed by atoms with Gasteiger partial charge >= 0.3 is 0 Å². The Labute approximate surface area is 159 Å². The lowest BCUT2D eigenvalue weighted by atomic mass is 9.96. The van der Waals surface area contributed by atoms with Crippen LogP contribution in [0.5, 0.6) is 5.75 Å². The van der Waals surface area contributed by atoms with Crippen LogP contribution in [0.3, 0.4) is 0 Å². The molecule has 2 aliphatic heterocycles. The number of benzene rings is 2. The Morgan fingerprint density at radius 3 is 2.67 bits per heavy atom. The second-order valence-corrected chi connectivity index (χ2v) is 7.37. The molecule has 2 fully saturated rings. The van der Waals surface area contributed by atoms with Gasteiger partial charge in [0, 0.05) is 31.6 Å². The smallest absolute Gasteiger partial charge is 0.143 e. The van der Waals surface area contributed by atoms with Crippen LogP contribution in [0.4, 0.5) is 0 Å². The molecule has 2 atom stereocenters. The summed E-state index contributed by atoms with van der Waals surface area (Å²) in [6.07, 6.45) is 0.942. The monoisotopic (exact) mass is 364 g/mol. The van der Waals surface area contributed by atoms with E-state index in [0.717, 1.165) is 56.3 Å². The summed E-state index contributed by atoms with van der Waals surface area (Å²) in [7, 11) is 0. The lowest BCUT2D eigenvalue weighted by molar-refractivity contribution is 0.0210. The highest BCUT2D eigenvalue weighted by Crippen LogP contribution is 2.60. The maximum atomic E-state index is 6.45. The van der Waals surface area contributed by atoms with Crippen molar-refractivity contribution in [3.05, 3.63) is 65.7 Å². The number of rotatable bonds is 5. The molecule has 5 heteroatoms. The maximum absolute atomic E-state index is 6.45. The first-order chi connectivity index (χ1) is 13.4. The van der Waals surface area contributed by atoms with Gasteiger partial charge in [-0.05, 0) is 17.7 Å². The zero-order valence-corrected chi connectivity index (χ0v) is 15.3. The van der Waals surface area contributed by atoms with Crippen LogP contribution in [-0.2, 0) is 15.2 Å². The SMILES string of the molecule is c1ccc(C23CC2C(=NOCCN2CCOCC2)c2ccccc2O3)cc1. The molecule has 1 aliphatic carbocycles. The summed E-state index contributed by atoms with van der Waals surface area (Å²) < 4.78 is 11.8. The molecule has 0 spiro atoms. The van der Waals surface area contributed by atoms with Crippen molar-refractivity contribution < 1.29 is 14.3 Å². The highest BCUT2D eigenvalue weighted by atomic mass is 16.6. The molecular formula is C22H24N2O3. The predicted molar refractivity (Wildman–Crippen MR) is 103 cm³/mol. The van der Waals surface area contributed by atoms with E-state index in [2.05, 4.69) is 40.4 Å². The third kappa shape index (κ3) is 3.11. The zero-order chi connectivity index (χ0) is 18.1. The van der Waals surface area contributed by atoms with Gasteiger partial charge in [0.1, 0.15) is 18.0 Å². The third-order valence-electron chi connectivity index (χ3n) is 5.72. The summed E-state index contributed by atoms with van der Waals surface area (Å²) in [4.78, 5) is 8.11. The first-order valence-corrected chi connectivity index (χ1v) is 9.71. The summed E-state index contributed by atoms with van der Waals surface area (Å²) in [6.45, 7) is 5.03. The van der Waals surface area contributed by atoms with Crippen molar-refractivity contribution in [1.29, 1.82) is 0 Å². The van der Waals surface area contributed by atoms with Crippen molar-refractivity contribution >= 4 is 5.71 Å². The Balaban J connectivity index is 1.35. The highest BCUT2D eigenvalue weighted by molar-refractivity contribution is 6.08. The largest absolute Gasteiger partial charge is 0.481 e. The van der Waals surface area contributed by atoms with Crippen molar-refractivity contribution in [1.82, 2.24) is 4.90 Å². The average Bonchev–Trinajstić information content (AvgIpc) is 3.47. The van der Waals surface area contributed by atoms with Crippen LogP contribution in [0, 0.1) is 5.92 Å². The van der Waals surface area contributed by atoms with Gasteiger partial charge in [-0.2, -0.15) is 0 Å². The van der Waals surface area contributed by atoms with Crippen LogP contribution >= 0.6 is 0 Å².